The first-order chi connectivity index (χ1) is 15.9. The van der Waals surface area contributed by atoms with Crippen LogP contribution in [0.15, 0.2) is 60.8 Å². The van der Waals surface area contributed by atoms with Gasteiger partial charge in [-0.3, -0.25) is 19.3 Å². The number of benzene rings is 2. The molecule has 0 spiro atoms. The number of nitrogens with zero attached hydrogens (tertiary/aromatic N) is 1. The van der Waals surface area contributed by atoms with E-state index >= 15 is 0 Å². The summed E-state index contributed by atoms with van der Waals surface area (Å²) >= 11 is 0. The number of carbonyl (C=O) groups excluding carboxylic acids is 3. The van der Waals surface area contributed by atoms with Gasteiger partial charge in [-0.2, -0.15) is 0 Å². The largest absolute Gasteiger partial charge is 0.497 e. The average Bonchev–Trinajstić information content (AvgIpc) is 3.38. The number of aromatic amines is 1. The molecule has 1 saturated carbocycles. The van der Waals surface area contributed by atoms with Crippen molar-refractivity contribution >= 4 is 46.4 Å². The molecule has 1 aliphatic carbocycles. The zero-order valence-electron chi connectivity index (χ0n) is 17.9. The van der Waals surface area contributed by atoms with Crippen LogP contribution in [0.2, 0.25) is 0 Å². The van der Waals surface area contributed by atoms with Gasteiger partial charge in [0.15, 0.2) is 0 Å². The number of rotatable bonds is 6. The smallest absolute Gasteiger partial charge is 0.256 e. The topological polar surface area (TPSA) is 118 Å². The summed E-state index contributed by atoms with van der Waals surface area (Å²) in [4.78, 5) is 42.8. The van der Waals surface area contributed by atoms with E-state index in [0.29, 0.717) is 41.2 Å². The number of nitrogens with two attached hydrogens (primary N) is 1. The monoisotopic (exact) mass is 442 g/mol. The number of ether oxygens (including phenoxy) is 1. The highest BCUT2D eigenvalue weighted by molar-refractivity contribution is 6.35. The van der Waals surface area contributed by atoms with Crippen molar-refractivity contribution in [3.63, 3.8) is 0 Å². The number of nitrogens with one attached hydrogen (secondary N) is 2. The minimum atomic E-state index is -1.21. The molecule has 3 amide bonds. The lowest BCUT2D eigenvalue weighted by Crippen LogP contribution is -2.41. The molecule has 5 rings (SSSR count). The third kappa shape index (κ3) is 3.45. The summed E-state index contributed by atoms with van der Waals surface area (Å²) in [5.41, 5.74) is 8.13. The van der Waals surface area contributed by atoms with Crippen molar-refractivity contribution in [2.45, 2.75) is 12.8 Å². The fraction of sp³-hybridized carbons (Fsp3) is 0.160. The Hall–Kier alpha value is -4.33. The number of methoxy groups -OCH3 is 1. The molecule has 0 unspecified atom stereocenters. The molecule has 2 aromatic carbocycles. The fourth-order valence-corrected chi connectivity index (χ4v) is 4.07. The maximum absolute atomic E-state index is 13.6. The summed E-state index contributed by atoms with van der Waals surface area (Å²) in [5, 5.41) is 2.87. The van der Waals surface area contributed by atoms with Gasteiger partial charge in [0.25, 0.3) is 5.91 Å². The molecule has 2 heterocycles. The Morgan fingerprint density at radius 1 is 1.09 bits per heavy atom. The van der Waals surface area contributed by atoms with Crippen molar-refractivity contribution in [3.8, 4) is 5.75 Å². The molecule has 2 aliphatic rings. The summed E-state index contributed by atoms with van der Waals surface area (Å²) in [6, 6.07) is 16.0. The second kappa shape index (κ2) is 7.67. The molecule has 8 heteroatoms. The SMILES string of the molecule is COc1ccc(N(C(=O)C2(C(N)=O)CC2)c2ccc3c(c2)NC(=O)/C3=C\c2ccc[nH]2)cc1. The normalized spacial score (nSPS) is 16.8. The van der Waals surface area contributed by atoms with Crippen molar-refractivity contribution in [2.75, 3.05) is 17.3 Å². The Morgan fingerprint density at radius 3 is 2.42 bits per heavy atom. The number of fused-ring (bicyclic) bond motifs is 1. The van der Waals surface area contributed by atoms with Crippen LogP contribution in [0.25, 0.3) is 11.6 Å². The van der Waals surface area contributed by atoms with E-state index in [9.17, 15) is 14.4 Å². The lowest BCUT2D eigenvalue weighted by molar-refractivity contribution is -0.133. The van der Waals surface area contributed by atoms with Crippen molar-refractivity contribution in [1.82, 2.24) is 4.98 Å². The predicted molar refractivity (Wildman–Crippen MR) is 125 cm³/mol. The van der Waals surface area contributed by atoms with E-state index in [1.54, 1.807) is 61.8 Å². The minimum Gasteiger partial charge on any atom is -0.497 e. The molecule has 1 fully saturated rings. The Kier molecular flexibility index (Phi) is 4.78. The van der Waals surface area contributed by atoms with Gasteiger partial charge in [-0.05, 0) is 73.5 Å². The first-order valence-corrected chi connectivity index (χ1v) is 10.5. The first kappa shape index (κ1) is 20.6. The van der Waals surface area contributed by atoms with E-state index in [2.05, 4.69) is 10.3 Å². The Balaban J connectivity index is 1.57. The van der Waals surface area contributed by atoms with E-state index in [1.165, 1.54) is 4.90 Å². The van der Waals surface area contributed by atoms with Crippen molar-refractivity contribution in [3.05, 3.63) is 72.1 Å². The van der Waals surface area contributed by atoms with E-state index in [-0.39, 0.29) is 11.8 Å². The third-order valence-electron chi connectivity index (χ3n) is 6.13. The van der Waals surface area contributed by atoms with Crippen LogP contribution < -0.4 is 20.7 Å². The third-order valence-corrected chi connectivity index (χ3v) is 6.13. The molecular weight excluding hydrogens is 420 g/mol. The van der Waals surface area contributed by atoms with Gasteiger partial charge in [-0.25, -0.2) is 0 Å². The van der Waals surface area contributed by atoms with Gasteiger partial charge in [-0.1, -0.05) is 0 Å². The standard InChI is InChI=1S/C25H22N4O4/c1-33-18-7-4-16(5-8-18)29(24(32)25(10-11-25)23(26)31)17-6-9-19-20(13-15-3-2-12-27-15)22(30)28-21(19)14-17/h2-9,12-14,27H,10-11H2,1H3,(H2,26,31)(H,28,30)/b20-13-. The van der Waals surface area contributed by atoms with Crippen molar-refractivity contribution < 1.29 is 19.1 Å². The number of primary amides is 1. The number of hydrogen-bond acceptors (Lipinski definition) is 4. The zero-order valence-corrected chi connectivity index (χ0v) is 17.9. The zero-order chi connectivity index (χ0) is 23.2. The fourth-order valence-electron chi connectivity index (χ4n) is 4.07. The van der Waals surface area contributed by atoms with E-state index < -0.39 is 11.3 Å². The molecule has 0 radical (unpaired) electrons. The second-order valence-electron chi connectivity index (χ2n) is 8.15. The van der Waals surface area contributed by atoms with Gasteiger partial charge >= 0.3 is 0 Å². The highest BCUT2D eigenvalue weighted by atomic mass is 16.5. The van der Waals surface area contributed by atoms with Crippen LogP contribution in [-0.2, 0) is 14.4 Å². The number of carbonyl (C=O) groups is 3. The lowest BCUT2D eigenvalue weighted by Gasteiger charge is -2.27. The van der Waals surface area contributed by atoms with Crippen LogP contribution in [0.1, 0.15) is 24.1 Å². The van der Waals surface area contributed by atoms with Gasteiger partial charge < -0.3 is 20.8 Å². The van der Waals surface area contributed by atoms with E-state index in [4.69, 9.17) is 10.5 Å². The van der Waals surface area contributed by atoms with Gasteiger partial charge in [0.1, 0.15) is 11.2 Å². The van der Waals surface area contributed by atoms with Crippen LogP contribution in [-0.4, -0.2) is 29.8 Å². The van der Waals surface area contributed by atoms with E-state index in [0.717, 1.165) is 11.3 Å². The summed E-state index contributed by atoms with van der Waals surface area (Å²) < 4.78 is 5.23. The average molecular weight is 442 g/mol. The number of anilines is 3. The van der Waals surface area contributed by atoms with Crippen LogP contribution >= 0.6 is 0 Å². The van der Waals surface area contributed by atoms with Gasteiger partial charge in [0.05, 0.1) is 24.1 Å². The van der Waals surface area contributed by atoms with Gasteiger partial charge in [0, 0.05) is 23.1 Å². The van der Waals surface area contributed by atoms with Gasteiger partial charge in [0.2, 0.25) is 11.8 Å². The van der Waals surface area contributed by atoms with Crippen molar-refractivity contribution in [1.29, 1.82) is 0 Å². The molecule has 33 heavy (non-hydrogen) atoms. The summed E-state index contributed by atoms with van der Waals surface area (Å²) in [7, 11) is 1.56. The van der Waals surface area contributed by atoms with Crippen molar-refractivity contribution in [2.24, 2.45) is 11.1 Å². The molecule has 1 aliphatic heterocycles. The molecule has 3 aromatic rings. The molecule has 0 atom stereocenters. The van der Waals surface area contributed by atoms with Gasteiger partial charge in [-0.15, -0.1) is 0 Å². The lowest BCUT2D eigenvalue weighted by atomic mass is 10.0. The van der Waals surface area contributed by atoms with Crippen LogP contribution in [0, 0.1) is 5.41 Å². The maximum atomic E-state index is 13.6. The van der Waals surface area contributed by atoms with E-state index in [1.807, 2.05) is 12.1 Å². The highest BCUT2D eigenvalue weighted by Crippen LogP contribution is 2.49. The van der Waals surface area contributed by atoms with Crippen LogP contribution in [0.5, 0.6) is 5.75 Å². The second-order valence-corrected chi connectivity index (χ2v) is 8.15. The first-order valence-electron chi connectivity index (χ1n) is 10.5. The minimum absolute atomic E-state index is 0.227. The molecule has 166 valence electrons. The Morgan fingerprint density at radius 2 is 1.82 bits per heavy atom. The number of amides is 3. The predicted octanol–water partition coefficient (Wildman–Crippen LogP) is 3.45. The summed E-state index contributed by atoms with van der Waals surface area (Å²) in [6.07, 6.45) is 4.39. The molecular formula is C25H22N4O4. The number of hydrogen-bond donors (Lipinski definition) is 3. The Bertz CT molecular complexity index is 1290. The summed E-state index contributed by atoms with van der Waals surface area (Å²) in [5.74, 6) is -0.597. The van der Waals surface area contributed by atoms with Crippen LogP contribution in [0.3, 0.4) is 0 Å². The number of H-pyrrole nitrogens is 1. The molecule has 1 aromatic heterocycles. The maximum Gasteiger partial charge on any atom is 0.256 e. The highest BCUT2D eigenvalue weighted by Gasteiger charge is 2.57. The molecule has 8 nitrogen and oxygen atoms in total. The Labute approximate surface area is 190 Å². The number of aromatic nitrogens is 1. The molecule has 0 saturated heterocycles. The van der Waals surface area contributed by atoms with Crippen LogP contribution in [0.4, 0.5) is 17.1 Å². The summed E-state index contributed by atoms with van der Waals surface area (Å²) in [6.45, 7) is 0. The quantitative estimate of drug-likeness (QED) is 0.400. The molecule has 0 bridgehead atoms. The molecule has 4 N–H and O–H groups in total.